The third kappa shape index (κ3) is 5.19. The van der Waals surface area contributed by atoms with Gasteiger partial charge in [-0.1, -0.05) is 36.8 Å². The zero-order chi connectivity index (χ0) is 13.6. The summed E-state index contributed by atoms with van der Waals surface area (Å²) in [5.74, 6) is 0.512. The van der Waals surface area contributed by atoms with Gasteiger partial charge in [-0.3, -0.25) is 0 Å². The van der Waals surface area contributed by atoms with E-state index in [4.69, 9.17) is 0 Å². The average Bonchev–Trinajstić information content (AvgIpc) is 2.35. The predicted molar refractivity (Wildman–Crippen MR) is 76.5 cm³/mol. The molecule has 0 fully saturated rings. The minimum Gasteiger partial charge on any atom is -0.310 e. The maximum absolute atomic E-state index is 11.3. The molecule has 1 rings (SSSR count). The summed E-state index contributed by atoms with van der Waals surface area (Å²) < 4.78 is 22.6. The lowest BCUT2D eigenvalue weighted by atomic mass is 10.1. The Morgan fingerprint density at radius 1 is 1.22 bits per heavy atom. The van der Waals surface area contributed by atoms with Crippen LogP contribution in [0.2, 0.25) is 0 Å². The Balaban J connectivity index is 2.34. The van der Waals surface area contributed by atoms with Crippen LogP contribution in [0.4, 0.5) is 0 Å². The van der Waals surface area contributed by atoms with Crippen LogP contribution in [0.3, 0.4) is 0 Å². The van der Waals surface area contributed by atoms with E-state index in [2.05, 4.69) is 43.4 Å². The Kier molecular flexibility index (Phi) is 5.82. The minimum atomic E-state index is -2.83. The van der Waals surface area contributed by atoms with Crippen molar-refractivity contribution >= 4 is 9.84 Å². The first-order chi connectivity index (χ1) is 8.44. The number of rotatable bonds is 7. The van der Waals surface area contributed by atoms with E-state index >= 15 is 0 Å². The van der Waals surface area contributed by atoms with E-state index in [0.29, 0.717) is 6.42 Å². The number of sulfone groups is 1. The number of aryl methyl sites for hydroxylation is 1. The van der Waals surface area contributed by atoms with E-state index < -0.39 is 9.84 Å². The van der Waals surface area contributed by atoms with Crippen LogP contribution in [-0.4, -0.2) is 26.5 Å². The lowest BCUT2D eigenvalue weighted by Crippen LogP contribution is -2.22. The SMILES string of the molecule is CCS(=O)(=O)CCCNC(C)c1ccc(C)cc1. The van der Waals surface area contributed by atoms with E-state index in [-0.39, 0.29) is 17.5 Å². The maximum atomic E-state index is 11.3. The molecule has 3 nitrogen and oxygen atoms in total. The topological polar surface area (TPSA) is 46.2 Å². The monoisotopic (exact) mass is 269 g/mol. The Bertz CT molecular complexity index is 451. The summed E-state index contributed by atoms with van der Waals surface area (Å²) in [6.45, 7) is 6.59. The molecule has 0 aliphatic heterocycles. The van der Waals surface area contributed by atoms with Crippen LogP contribution in [0.25, 0.3) is 0 Å². The first-order valence-corrected chi connectivity index (χ1v) is 8.27. The highest BCUT2D eigenvalue weighted by Gasteiger charge is 2.08. The summed E-state index contributed by atoms with van der Waals surface area (Å²) in [6, 6.07) is 8.66. The van der Waals surface area contributed by atoms with Crippen molar-refractivity contribution < 1.29 is 8.42 Å². The standard InChI is InChI=1S/C14H23NO2S/c1-4-18(16,17)11-5-10-15-13(3)14-8-6-12(2)7-9-14/h6-9,13,15H,4-5,10-11H2,1-3H3. The van der Waals surface area contributed by atoms with Crippen molar-refractivity contribution in [2.45, 2.75) is 33.2 Å². The van der Waals surface area contributed by atoms with Gasteiger partial charge in [-0.05, 0) is 32.4 Å². The van der Waals surface area contributed by atoms with Crippen LogP contribution in [0.5, 0.6) is 0 Å². The molecular formula is C14H23NO2S. The Labute approximate surface area is 111 Å². The Hall–Kier alpha value is -0.870. The van der Waals surface area contributed by atoms with Crippen LogP contribution in [0, 0.1) is 6.92 Å². The fourth-order valence-electron chi connectivity index (χ4n) is 1.73. The molecule has 1 unspecified atom stereocenters. The lowest BCUT2D eigenvalue weighted by molar-refractivity contribution is 0.560. The molecule has 4 heteroatoms. The van der Waals surface area contributed by atoms with Crippen molar-refractivity contribution in [2.75, 3.05) is 18.1 Å². The van der Waals surface area contributed by atoms with Crippen LogP contribution in [-0.2, 0) is 9.84 Å². The summed E-state index contributed by atoms with van der Waals surface area (Å²) in [5, 5.41) is 3.35. The molecule has 0 aliphatic carbocycles. The van der Waals surface area contributed by atoms with Crippen LogP contribution in [0.15, 0.2) is 24.3 Å². The zero-order valence-corrected chi connectivity index (χ0v) is 12.3. The highest BCUT2D eigenvalue weighted by Crippen LogP contribution is 2.12. The third-order valence-corrected chi connectivity index (χ3v) is 4.89. The molecule has 1 N–H and O–H groups in total. The molecule has 0 aromatic heterocycles. The van der Waals surface area contributed by atoms with Crippen molar-refractivity contribution in [1.29, 1.82) is 0 Å². The van der Waals surface area contributed by atoms with Gasteiger partial charge >= 0.3 is 0 Å². The molecule has 0 aliphatic rings. The number of benzene rings is 1. The minimum absolute atomic E-state index is 0.237. The van der Waals surface area contributed by atoms with E-state index in [0.717, 1.165) is 6.54 Å². The number of hydrogen-bond acceptors (Lipinski definition) is 3. The van der Waals surface area contributed by atoms with Gasteiger partial charge in [0, 0.05) is 11.8 Å². The molecule has 0 saturated carbocycles. The van der Waals surface area contributed by atoms with Crippen LogP contribution in [0.1, 0.15) is 37.4 Å². The molecule has 0 amide bonds. The summed E-state index contributed by atoms with van der Waals surface area (Å²) in [4.78, 5) is 0. The Morgan fingerprint density at radius 2 is 1.83 bits per heavy atom. The second-order valence-corrected chi connectivity index (χ2v) is 7.15. The number of hydrogen-bond donors (Lipinski definition) is 1. The van der Waals surface area contributed by atoms with Gasteiger partial charge in [0.2, 0.25) is 0 Å². The van der Waals surface area contributed by atoms with Crippen molar-refractivity contribution in [3.63, 3.8) is 0 Å². The van der Waals surface area contributed by atoms with Gasteiger partial charge in [-0.2, -0.15) is 0 Å². The largest absolute Gasteiger partial charge is 0.310 e. The van der Waals surface area contributed by atoms with Gasteiger partial charge in [0.15, 0.2) is 0 Å². The second kappa shape index (κ2) is 6.90. The average molecular weight is 269 g/mol. The summed E-state index contributed by atoms with van der Waals surface area (Å²) in [5.41, 5.74) is 2.49. The van der Waals surface area contributed by atoms with Crippen molar-refractivity contribution in [3.05, 3.63) is 35.4 Å². The molecule has 0 saturated heterocycles. The van der Waals surface area contributed by atoms with Gasteiger partial charge in [0.25, 0.3) is 0 Å². The molecule has 0 spiro atoms. The van der Waals surface area contributed by atoms with Crippen molar-refractivity contribution in [1.82, 2.24) is 5.32 Å². The quantitative estimate of drug-likeness (QED) is 0.774. The van der Waals surface area contributed by atoms with E-state index in [1.807, 2.05) is 0 Å². The predicted octanol–water partition coefficient (Wildman–Crippen LogP) is 2.47. The van der Waals surface area contributed by atoms with Gasteiger partial charge in [-0.25, -0.2) is 8.42 Å². The second-order valence-electron chi connectivity index (χ2n) is 4.68. The molecule has 1 aromatic rings. The third-order valence-electron chi connectivity index (χ3n) is 3.10. The van der Waals surface area contributed by atoms with Crippen LogP contribution < -0.4 is 5.32 Å². The fraction of sp³-hybridized carbons (Fsp3) is 0.571. The van der Waals surface area contributed by atoms with E-state index in [9.17, 15) is 8.42 Å². The fourth-order valence-corrected chi connectivity index (χ4v) is 2.60. The van der Waals surface area contributed by atoms with Crippen molar-refractivity contribution in [3.8, 4) is 0 Å². The molecule has 0 heterocycles. The zero-order valence-electron chi connectivity index (χ0n) is 11.4. The normalized spacial score (nSPS) is 13.5. The smallest absolute Gasteiger partial charge is 0.150 e. The van der Waals surface area contributed by atoms with Gasteiger partial charge in [0.05, 0.1) is 5.75 Å². The Morgan fingerprint density at radius 3 is 2.39 bits per heavy atom. The van der Waals surface area contributed by atoms with Gasteiger partial charge in [0.1, 0.15) is 9.84 Å². The maximum Gasteiger partial charge on any atom is 0.150 e. The van der Waals surface area contributed by atoms with E-state index in [1.54, 1.807) is 6.92 Å². The number of nitrogens with one attached hydrogen (secondary N) is 1. The summed E-state index contributed by atoms with van der Waals surface area (Å²) in [7, 11) is -2.83. The first-order valence-electron chi connectivity index (χ1n) is 6.45. The molecule has 18 heavy (non-hydrogen) atoms. The van der Waals surface area contributed by atoms with Gasteiger partial charge in [-0.15, -0.1) is 0 Å². The molecule has 102 valence electrons. The molecule has 1 aromatic carbocycles. The lowest BCUT2D eigenvalue weighted by Gasteiger charge is -2.14. The van der Waals surface area contributed by atoms with E-state index in [1.165, 1.54) is 11.1 Å². The molecule has 1 atom stereocenters. The van der Waals surface area contributed by atoms with Crippen LogP contribution >= 0.6 is 0 Å². The van der Waals surface area contributed by atoms with Gasteiger partial charge < -0.3 is 5.32 Å². The summed E-state index contributed by atoms with van der Waals surface area (Å²) >= 11 is 0. The molecule has 0 radical (unpaired) electrons. The highest BCUT2D eigenvalue weighted by atomic mass is 32.2. The summed E-state index contributed by atoms with van der Waals surface area (Å²) in [6.07, 6.45) is 0.673. The highest BCUT2D eigenvalue weighted by molar-refractivity contribution is 7.91. The molecule has 0 bridgehead atoms. The van der Waals surface area contributed by atoms with Crippen molar-refractivity contribution in [2.24, 2.45) is 0 Å². The molecular weight excluding hydrogens is 246 g/mol. The first kappa shape index (κ1) is 15.2.